The van der Waals surface area contributed by atoms with Gasteiger partial charge in [-0.1, -0.05) is 17.7 Å². The van der Waals surface area contributed by atoms with Crippen molar-refractivity contribution >= 4 is 34.4 Å². The van der Waals surface area contributed by atoms with Gasteiger partial charge in [0.2, 0.25) is 5.56 Å². The second-order valence-electron chi connectivity index (χ2n) is 8.93. The molecule has 6 rings (SSSR count). The van der Waals surface area contributed by atoms with E-state index < -0.39 is 5.82 Å². The van der Waals surface area contributed by atoms with E-state index in [4.69, 9.17) is 11.6 Å². The van der Waals surface area contributed by atoms with Crippen LogP contribution in [0.2, 0.25) is 5.02 Å². The quantitative estimate of drug-likeness (QED) is 0.365. The van der Waals surface area contributed by atoms with Gasteiger partial charge in [0.1, 0.15) is 11.6 Å². The van der Waals surface area contributed by atoms with Crippen molar-refractivity contribution < 1.29 is 9.18 Å². The van der Waals surface area contributed by atoms with Crippen LogP contribution >= 0.6 is 11.6 Å². The first-order chi connectivity index (χ1) is 16.4. The molecule has 2 bridgehead atoms. The Morgan fingerprint density at radius 2 is 2.09 bits per heavy atom. The molecule has 3 N–H and O–H groups in total. The number of rotatable bonds is 2. The maximum absolute atomic E-state index is 15.1. The Bertz CT molecular complexity index is 1530. The molecule has 2 aromatic carbocycles. The number of nitrogens with one attached hydrogen (secondary N) is 3. The lowest BCUT2D eigenvalue weighted by atomic mass is 9.95. The number of H-pyrrole nitrogens is 2. The van der Waals surface area contributed by atoms with Crippen molar-refractivity contribution in [2.45, 2.75) is 38.3 Å². The number of hydrogen-bond donors (Lipinski definition) is 3. The molecule has 0 spiro atoms. The topological polar surface area (TPSA) is 93.9 Å². The average Bonchev–Trinajstić information content (AvgIpc) is 3.33. The van der Waals surface area contributed by atoms with Crippen LogP contribution in [-0.4, -0.2) is 31.9 Å². The molecule has 7 nitrogen and oxygen atoms in total. The lowest BCUT2D eigenvalue weighted by molar-refractivity contribution is 0.179. The Kier molecular flexibility index (Phi) is 4.74. The van der Waals surface area contributed by atoms with Crippen LogP contribution < -0.4 is 10.9 Å². The molecule has 9 heteroatoms. The van der Waals surface area contributed by atoms with Crippen LogP contribution in [0.15, 0.2) is 47.4 Å². The number of amides is 2. The van der Waals surface area contributed by atoms with E-state index in [0.717, 1.165) is 46.4 Å². The van der Waals surface area contributed by atoms with Gasteiger partial charge in [0, 0.05) is 23.9 Å². The van der Waals surface area contributed by atoms with Crippen molar-refractivity contribution in [3.63, 3.8) is 0 Å². The minimum Gasteiger partial charge on any atom is -0.342 e. The van der Waals surface area contributed by atoms with Gasteiger partial charge in [-0.2, -0.15) is 0 Å². The summed E-state index contributed by atoms with van der Waals surface area (Å²) in [5, 5.41) is 3.04. The molecule has 2 atom stereocenters. The number of pyridine rings is 1. The Hall–Kier alpha value is -3.65. The average molecular weight is 478 g/mol. The van der Waals surface area contributed by atoms with E-state index in [2.05, 4.69) is 20.3 Å². The summed E-state index contributed by atoms with van der Waals surface area (Å²) in [5.41, 5.74) is 4.73. The van der Waals surface area contributed by atoms with Crippen molar-refractivity contribution in [2.75, 3.05) is 5.32 Å². The first-order valence-electron chi connectivity index (χ1n) is 11.1. The van der Waals surface area contributed by atoms with E-state index in [9.17, 15) is 9.59 Å². The Morgan fingerprint density at radius 1 is 1.24 bits per heavy atom. The predicted molar refractivity (Wildman–Crippen MR) is 129 cm³/mol. The molecule has 2 aliphatic rings. The second-order valence-corrected chi connectivity index (χ2v) is 9.34. The zero-order valence-corrected chi connectivity index (χ0v) is 19.0. The summed E-state index contributed by atoms with van der Waals surface area (Å²) in [4.78, 5) is 36.9. The molecule has 1 fully saturated rings. The van der Waals surface area contributed by atoms with Crippen LogP contribution in [0, 0.1) is 12.7 Å². The monoisotopic (exact) mass is 477 g/mol. The number of urea groups is 1. The molecule has 4 heterocycles. The van der Waals surface area contributed by atoms with Crippen molar-refractivity contribution in [2.24, 2.45) is 0 Å². The third-order valence-electron chi connectivity index (χ3n) is 6.81. The molecule has 0 unspecified atom stereocenters. The zero-order valence-electron chi connectivity index (χ0n) is 18.3. The second kappa shape index (κ2) is 7.70. The van der Waals surface area contributed by atoms with Gasteiger partial charge in [-0.05, 0) is 67.1 Å². The van der Waals surface area contributed by atoms with Gasteiger partial charge in [0.05, 0.1) is 27.8 Å². The van der Waals surface area contributed by atoms with E-state index in [0.29, 0.717) is 17.0 Å². The van der Waals surface area contributed by atoms with E-state index in [-0.39, 0.29) is 29.4 Å². The molecule has 4 aromatic rings. The van der Waals surface area contributed by atoms with Gasteiger partial charge < -0.3 is 20.2 Å². The molecule has 0 saturated carbocycles. The smallest absolute Gasteiger partial charge is 0.322 e. The number of benzene rings is 2. The van der Waals surface area contributed by atoms with Crippen molar-refractivity contribution in [3.05, 3.63) is 80.7 Å². The predicted octanol–water partition coefficient (Wildman–Crippen LogP) is 5.31. The summed E-state index contributed by atoms with van der Waals surface area (Å²) in [6, 6.07) is 9.43. The normalized spacial score (nSPS) is 18.9. The fourth-order valence-electron chi connectivity index (χ4n) is 5.31. The summed E-state index contributed by atoms with van der Waals surface area (Å²) in [7, 11) is 0. The SMILES string of the molecule is Cc1nc2cc(-c3cc(F)c(NC(=O)N4[C@H]5CC[C@@H]4c4c[nH]c(=O)cc4C5)cc3Cl)ccc2[nH]1. The molecule has 0 radical (unpaired) electrons. The van der Waals surface area contributed by atoms with E-state index in [1.807, 2.05) is 25.1 Å². The summed E-state index contributed by atoms with van der Waals surface area (Å²) in [6.07, 6.45) is 3.93. The van der Waals surface area contributed by atoms with Gasteiger partial charge >= 0.3 is 6.03 Å². The number of carbonyl (C=O) groups excluding carboxylic acids is 1. The largest absolute Gasteiger partial charge is 0.342 e. The van der Waals surface area contributed by atoms with E-state index >= 15 is 4.39 Å². The Morgan fingerprint density at radius 3 is 2.94 bits per heavy atom. The molecule has 0 aliphatic carbocycles. The van der Waals surface area contributed by atoms with Crippen molar-refractivity contribution in [1.29, 1.82) is 0 Å². The number of aryl methyl sites for hydroxylation is 1. The molecule has 172 valence electrons. The summed E-state index contributed by atoms with van der Waals surface area (Å²) in [5.74, 6) is 0.225. The van der Waals surface area contributed by atoms with Gasteiger partial charge in [0.25, 0.3) is 0 Å². The molecule has 34 heavy (non-hydrogen) atoms. The molecule has 2 aromatic heterocycles. The van der Waals surface area contributed by atoms with Crippen LogP contribution in [-0.2, 0) is 6.42 Å². The fraction of sp³-hybridized carbons (Fsp3) is 0.240. The minimum absolute atomic E-state index is 0.0267. The van der Waals surface area contributed by atoms with Gasteiger partial charge in [-0.3, -0.25) is 4.79 Å². The number of anilines is 1. The fourth-order valence-corrected chi connectivity index (χ4v) is 5.58. The Balaban J connectivity index is 1.28. The number of nitrogens with zero attached hydrogens (tertiary/aromatic N) is 2. The zero-order chi connectivity index (χ0) is 23.6. The molecular weight excluding hydrogens is 457 g/mol. The number of carbonyl (C=O) groups is 1. The van der Waals surface area contributed by atoms with Gasteiger partial charge in [-0.25, -0.2) is 14.2 Å². The van der Waals surface area contributed by atoms with Crippen molar-refractivity contribution in [1.82, 2.24) is 19.9 Å². The van der Waals surface area contributed by atoms with Crippen molar-refractivity contribution in [3.8, 4) is 11.1 Å². The van der Waals surface area contributed by atoms with Crippen LogP contribution in [0.1, 0.15) is 35.8 Å². The Labute approximate surface area is 199 Å². The highest BCUT2D eigenvalue weighted by Crippen LogP contribution is 2.43. The maximum atomic E-state index is 15.1. The third kappa shape index (κ3) is 3.37. The lowest BCUT2D eigenvalue weighted by Gasteiger charge is -2.36. The lowest BCUT2D eigenvalue weighted by Crippen LogP contribution is -2.44. The third-order valence-corrected chi connectivity index (χ3v) is 7.12. The first-order valence-corrected chi connectivity index (χ1v) is 11.5. The molecule has 1 saturated heterocycles. The molecule has 2 aliphatic heterocycles. The summed E-state index contributed by atoms with van der Waals surface area (Å²) >= 11 is 6.52. The number of fused-ring (bicyclic) bond motifs is 5. The number of halogens is 2. The summed E-state index contributed by atoms with van der Waals surface area (Å²) < 4.78 is 15.1. The summed E-state index contributed by atoms with van der Waals surface area (Å²) in [6.45, 7) is 1.87. The molecule has 2 amide bonds. The highest BCUT2D eigenvalue weighted by atomic mass is 35.5. The van der Waals surface area contributed by atoms with Crippen LogP contribution in [0.3, 0.4) is 0 Å². The highest BCUT2D eigenvalue weighted by molar-refractivity contribution is 6.33. The number of hydrogen-bond acceptors (Lipinski definition) is 3. The first kappa shape index (κ1) is 20.9. The maximum Gasteiger partial charge on any atom is 0.322 e. The number of imidazole rings is 1. The van der Waals surface area contributed by atoms with E-state index in [1.165, 1.54) is 12.1 Å². The highest BCUT2D eigenvalue weighted by Gasteiger charge is 2.43. The number of aromatic amines is 2. The van der Waals surface area contributed by atoms with Gasteiger partial charge in [-0.15, -0.1) is 0 Å². The standard InChI is InChI=1S/C25H21ClFN5O2/c1-12-29-20-4-2-13(7-22(20)30-12)16-9-19(27)21(10-18(16)26)31-25(34)32-15-3-5-23(32)17-11-28-24(33)8-14(17)6-15/h2,4,7-11,15,23H,3,5-6H2,1H3,(H,28,33)(H,29,30)(H,31,34)/t15-,23+/m0/s1. The number of aromatic nitrogens is 3. The van der Waals surface area contributed by atoms with Crippen LogP contribution in [0.5, 0.6) is 0 Å². The van der Waals surface area contributed by atoms with Crippen LogP contribution in [0.25, 0.3) is 22.2 Å². The minimum atomic E-state index is -0.569. The van der Waals surface area contributed by atoms with Gasteiger partial charge in [0.15, 0.2) is 0 Å². The van der Waals surface area contributed by atoms with Crippen LogP contribution in [0.4, 0.5) is 14.9 Å². The molecular formula is C25H21ClFN5O2. The van der Waals surface area contributed by atoms with E-state index in [1.54, 1.807) is 17.2 Å².